The third-order valence-electron chi connectivity index (χ3n) is 2.62. The number of nitrogen functional groups attached to an aromatic ring is 1. The standard InChI is InChI=1S/C14H21N3O3/c1-14(2,20)9-17(3)12(18)8-16-13(19)10-4-6-11(15)7-5-10/h4-7,20H,8-9,15H2,1-3H3,(H,16,19). The molecule has 0 radical (unpaired) electrons. The summed E-state index contributed by atoms with van der Waals surface area (Å²) in [6, 6.07) is 6.43. The van der Waals surface area contributed by atoms with Gasteiger partial charge in [0.1, 0.15) is 0 Å². The van der Waals surface area contributed by atoms with E-state index in [2.05, 4.69) is 5.32 Å². The van der Waals surface area contributed by atoms with E-state index in [0.717, 1.165) is 0 Å². The smallest absolute Gasteiger partial charge is 0.251 e. The predicted molar refractivity (Wildman–Crippen MR) is 77.1 cm³/mol. The van der Waals surface area contributed by atoms with Crippen molar-refractivity contribution in [3.05, 3.63) is 29.8 Å². The van der Waals surface area contributed by atoms with Crippen LogP contribution in [0.1, 0.15) is 24.2 Å². The normalized spacial score (nSPS) is 11.0. The first-order valence-corrected chi connectivity index (χ1v) is 6.29. The fourth-order valence-corrected chi connectivity index (χ4v) is 1.70. The molecule has 1 aromatic carbocycles. The van der Waals surface area contributed by atoms with E-state index in [1.807, 2.05) is 0 Å². The van der Waals surface area contributed by atoms with Crippen LogP contribution >= 0.6 is 0 Å². The Hall–Kier alpha value is -2.08. The summed E-state index contributed by atoms with van der Waals surface area (Å²) < 4.78 is 0. The number of hydrogen-bond donors (Lipinski definition) is 3. The second-order valence-corrected chi connectivity index (χ2v) is 5.37. The molecule has 2 amide bonds. The molecule has 0 fully saturated rings. The van der Waals surface area contributed by atoms with Gasteiger partial charge in [0.15, 0.2) is 0 Å². The molecule has 0 aliphatic rings. The van der Waals surface area contributed by atoms with E-state index in [9.17, 15) is 14.7 Å². The number of nitrogens with zero attached hydrogens (tertiary/aromatic N) is 1. The van der Waals surface area contributed by atoms with Gasteiger partial charge in [0.2, 0.25) is 5.91 Å². The Morgan fingerprint density at radius 1 is 1.30 bits per heavy atom. The average Bonchev–Trinajstić information content (AvgIpc) is 2.34. The van der Waals surface area contributed by atoms with Gasteiger partial charge in [-0.15, -0.1) is 0 Å². The largest absolute Gasteiger partial charge is 0.399 e. The van der Waals surface area contributed by atoms with E-state index in [-0.39, 0.29) is 24.9 Å². The van der Waals surface area contributed by atoms with E-state index in [1.54, 1.807) is 45.2 Å². The highest BCUT2D eigenvalue weighted by Crippen LogP contribution is 2.05. The Labute approximate surface area is 118 Å². The van der Waals surface area contributed by atoms with Crippen LogP contribution in [0.25, 0.3) is 0 Å². The van der Waals surface area contributed by atoms with Crippen molar-refractivity contribution in [1.82, 2.24) is 10.2 Å². The minimum atomic E-state index is -0.967. The Bertz CT molecular complexity index is 477. The molecule has 0 aromatic heterocycles. The number of carbonyl (C=O) groups excluding carboxylic acids is 2. The van der Waals surface area contributed by atoms with Crippen LogP contribution in [0.4, 0.5) is 5.69 Å². The van der Waals surface area contributed by atoms with E-state index >= 15 is 0 Å². The SMILES string of the molecule is CN(CC(C)(C)O)C(=O)CNC(=O)c1ccc(N)cc1. The number of carbonyl (C=O) groups is 2. The maximum absolute atomic E-state index is 11.8. The summed E-state index contributed by atoms with van der Waals surface area (Å²) in [6.45, 7) is 3.31. The number of nitrogens with one attached hydrogen (secondary N) is 1. The van der Waals surface area contributed by atoms with Gasteiger partial charge in [0.05, 0.1) is 12.1 Å². The van der Waals surface area contributed by atoms with Gasteiger partial charge < -0.3 is 21.1 Å². The van der Waals surface area contributed by atoms with Crippen LogP contribution in [-0.2, 0) is 4.79 Å². The molecule has 0 aliphatic carbocycles. The van der Waals surface area contributed by atoms with Gasteiger partial charge in [0, 0.05) is 24.8 Å². The van der Waals surface area contributed by atoms with Crippen LogP contribution < -0.4 is 11.1 Å². The van der Waals surface area contributed by atoms with Gasteiger partial charge in [0.25, 0.3) is 5.91 Å². The quantitative estimate of drug-likeness (QED) is 0.672. The zero-order valence-corrected chi connectivity index (χ0v) is 12.0. The molecule has 0 spiro atoms. The van der Waals surface area contributed by atoms with Crippen molar-refractivity contribution in [3.8, 4) is 0 Å². The van der Waals surface area contributed by atoms with Gasteiger partial charge in [-0.25, -0.2) is 0 Å². The van der Waals surface area contributed by atoms with Gasteiger partial charge in [-0.3, -0.25) is 9.59 Å². The molecule has 6 heteroatoms. The number of rotatable bonds is 5. The Morgan fingerprint density at radius 3 is 2.35 bits per heavy atom. The maximum Gasteiger partial charge on any atom is 0.251 e. The molecule has 0 saturated carbocycles. The number of nitrogens with two attached hydrogens (primary N) is 1. The molecule has 4 N–H and O–H groups in total. The molecule has 110 valence electrons. The molecule has 1 aromatic rings. The van der Waals surface area contributed by atoms with Gasteiger partial charge in [-0.05, 0) is 38.1 Å². The lowest BCUT2D eigenvalue weighted by molar-refractivity contribution is -0.131. The second kappa shape index (κ2) is 6.38. The number of aliphatic hydroxyl groups is 1. The van der Waals surface area contributed by atoms with Crippen LogP contribution in [0.5, 0.6) is 0 Å². The fourth-order valence-electron chi connectivity index (χ4n) is 1.70. The summed E-state index contributed by atoms with van der Waals surface area (Å²) in [4.78, 5) is 25.0. The summed E-state index contributed by atoms with van der Waals surface area (Å²) in [5, 5.41) is 12.2. The zero-order chi connectivity index (χ0) is 15.3. The van der Waals surface area contributed by atoms with Gasteiger partial charge in [-0.2, -0.15) is 0 Å². The molecule has 0 heterocycles. The van der Waals surface area contributed by atoms with Gasteiger partial charge >= 0.3 is 0 Å². The molecule has 0 atom stereocenters. The molecule has 0 unspecified atom stereocenters. The van der Waals surface area contributed by atoms with Crippen LogP contribution in [-0.4, -0.2) is 47.6 Å². The van der Waals surface area contributed by atoms with E-state index in [4.69, 9.17) is 5.73 Å². The first-order chi connectivity index (χ1) is 9.19. The fraction of sp³-hybridized carbons (Fsp3) is 0.429. The summed E-state index contributed by atoms with van der Waals surface area (Å²) in [5.41, 5.74) is 5.58. The average molecular weight is 279 g/mol. The molecule has 0 aliphatic heterocycles. The van der Waals surface area contributed by atoms with Crippen molar-refractivity contribution in [2.75, 3.05) is 25.9 Å². The molecule has 20 heavy (non-hydrogen) atoms. The first kappa shape index (κ1) is 16.0. The van der Waals surface area contributed by atoms with Crippen LogP contribution in [0.3, 0.4) is 0 Å². The van der Waals surface area contributed by atoms with Crippen molar-refractivity contribution < 1.29 is 14.7 Å². The zero-order valence-electron chi connectivity index (χ0n) is 12.0. The first-order valence-electron chi connectivity index (χ1n) is 6.29. The highest BCUT2D eigenvalue weighted by atomic mass is 16.3. The number of anilines is 1. The molecule has 1 rings (SSSR count). The van der Waals surface area contributed by atoms with Crippen molar-refractivity contribution in [3.63, 3.8) is 0 Å². The van der Waals surface area contributed by atoms with Crippen molar-refractivity contribution in [2.45, 2.75) is 19.4 Å². The third kappa shape index (κ3) is 5.27. The molecule has 0 saturated heterocycles. The van der Waals surface area contributed by atoms with Crippen molar-refractivity contribution in [2.24, 2.45) is 0 Å². The molecular formula is C14H21N3O3. The topological polar surface area (TPSA) is 95.7 Å². The van der Waals surface area contributed by atoms with E-state index < -0.39 is 5.60 Å². The monoisotopic (exact) mass is 279 g/mol. The Kier molecular flexibility index (Phi) is 5.10. The lowest BCUT2D eigenvalue weighted by Crippen LogP contribution is -2.44. The third-order valence-corrected chi connectivity index (χ3v) is 2.62. The van der Waals surface area contributed by atoms with E-state index in [1.165, 1.54) is 4.90 Å². The number of likely N-dealkylation sites (N-methyl/N-ethyl adjacent to an activating group) is 1. The molecular weight excluding hydrogens is 258 g/mol. The van der Waals surface area contributed by atoms with Crippen LogP contribution in [0, 0.1) is 0 Å². The molecule has 0 bridgehead atoms. The second-order valence-electron chi connectivity index (χ2n) is 5.37. The van der Waals surface area contributed by atoms with Gasteiger partial charge in [-0.1, -0.05) is 0 Å². The minimum Gasteiger partial charge on any atom is -0.399 e. The van der Waals surface area contributed by atoms with Crippen molar-refractivity contribution in [1.29, 1.82) is 0 Å². The maximum atomic E-state index is 11.8. The number of benzene rings is 1. The highest BCUT2D eigenvalue weighted by Gasteiger charge is 2.19. The summed E-state index contributed by atoms with van der Waals surface area (Å²) in [7, 11) is 1.58. The van der Waals surface area contributed by atoms with Crippen LogP contribution in [0.15, 0.2) is 24.3 Å². The number of amides is 2. The summed E-state index contributed by atoms with van der Waals surface area (Å²) in [5.74, 6) is -0.606. The lowest BCUT2D eigenvalue weighted by Gasteiger charge is -2.25. The lowest BCUT2D eigenvalue weighted by atomic mass is 10.1. The van der Waals surface area contributed by atoms with E-state index in [0.29, 0.717) is 11.3 Å². The summed E-state index contributed by atoms with van der Waals surface area (Å²) >= 11 is 0. The van der Waals surface area contributed by atoms with Crippen molar-refractivity contribution >= 4 is 17.5 Å². The molecule has 6 nitrogen and oxygen atoms in total. The Morgan fingerprint density at radius 2 is 1.85 bits per heavy atom. The Balaban J connectivity index is 2.48. The predicted octanol–water partition coefficient (Wildman–Crippen LogP) is 0.228. The minimum absolute atomic E-state index is 0.115. The summed E-state index contributed by atoms with van der Waals surface area (Å²) in [6.07, 6.45) is 0. The van der Waals surface area contributed by atoms with Crippen LogP contribution in [0.2, 0.25) is 0 Å². The highest BCUT2D eigenvalue weighted by molar-refractivity contribution is 5.96. The number of hydrogen-bond acceptors (Lipinski definition) is 4.